The van der Waals surface area contributed by atoms with Crippen molar-refractivity contribution in [3.05, 3.63) is 33.2 Å². The zero-order chi connectivity index (χ0) is 10.3. The third kappa shape index (κ3) is 1.49. The molecule has 14 heavy (non-hydrogen) atoms. The summed E-state index contributed by atoms with van der Waals surface area (Å²) >= 11 is 0. The number of aromatic nitrogens is 1. The maximum absolute atomic E-state index is 11.8. The van der Waals surface area contributed by atoms with Crippen LogP contribution in [0.2, 0.25) is 0 Å². The van der Waals surface area contributed by atoms with E-state index in [2.05, 4.69) is 31.8 Å². The van der Waals surface area contributed by atoms with E-state index in [9.17, 15) is 4.79 Å². The van der Waals surface area contributed by atoms with Crippen molar-refractivity contribution < 1.29 is 0 Å². The molecule has 1 aromatic heterocycles. The molecule has 1 heterocycles. The number of fused-ring (bicyclic) bond motifs is 1. The number of aromatic amines is 1. The summed E-state index contributed by atoms with van der Waals surface area (Å²) in [6, 6.07) is 2.10. The van der Waals surface area contributed by atoms with Crippen LogP contribution in [-0.2, 0) is 18.3 Å². The zero-order valence-electron chi connectivity index (χ0n) is 9.11. The zero-order valence-corrected chi connectivity index (χ0v) is 9.11. The number of hydrogen-bond acceptors (Lipinski definition) is 1. The first-order valence-electron chi connectivity index (χ1n) is 5.24. The molecular formula is C12H17NO. The maximum Gasteiger partial charge on any atom is 0.251 e. The van der Waals surface area contributed by atoms with Gasteiger partial charge in [-0.15, -0.1) is 0 Å². The number of hydrogen-bond donors (Lipinski definition) is 1. The third-order valence-electron chi connectivity index (χ3n) is 2.90. The minimum absolute atomic E-state index is 0.0504. The quantitative estimate of drug-likeness (QED) is 0.669. The summed E-state index contributed by atoms with van der Waals surface area (Å²) in [5.41, 5.74) is 3.46. The van der Waals surface area contributed by atoms with Gasteiger partial charge in [0.15, 0.2) is 0 Å². The Hall–Kier alpha value is -1.05. The van der Waals surface area contributed by atoms with Gasteiger partial charge in [-0.3, -0.25) is 4.79 Å². The van der Waals surface area contributed by atoms with Crippen LogP contribution in [0.1, 0.15) is 44.0 Å². The maximum atomic E-state index is 11.8. The van der Waals surface area contributed by atoms with Crippen molar-refractivity contribution in [3.8, 4) is 0 Å². The molecule has 0 aliphatic heterocycles. The average Bonchev–Trinajstić information content (AvgIpc) is 2.47. The first-order chi connectivity index (χ1) is 6.48. The Balaban J connectivity index is 2.59. The molecule has 0 fully saturated rings. The minimum Gasteiger partial charge on any atom is -0.326 e. The first-order valence-corrected chi connectivity index (χ1v) is 5.24. The highest BCUT2D eigenvalue weighted by molar-refractivity contribution is 5.32. The van der Waals surface area contributed by atoms with Crippen LogP contribution in [0.15, 0.2) is 10.9 Å². The fourth-order valence-electron chi connectivity index (χ4n) is 2.07. The molecule has 0 amide bonds. The lowest BCUT2D eigenvalue weighted by molar-refractivity contribution is 0.580. The van der Waals surface area contributed by atoms with E-state index in [1.54, 1.807) is 0 Å². The Kier molecular flexibility index (Phi) is 2.02. The van der Waals surface area contributed by atoms with E-state index in [-0.39, 0.29) is 11.0 Å². The summed E-state index contributed by atoms with van der Waals surface area (Å²) in [5, 5.41) is 0. The number of aryl methyl sites for hydroxylation is 2. The van der Waals surface area contributed by atoms with Crippen LogP contribution in [0.3, 0.4) is 0 Å². The van der Waals surface area contributed by atoms with E-state index in [0.717, 1.165) is 24.1 Å². The molecule has 0 bridgehead atoms. The molecule has 1 aliphatic carbocycles. The molecule has 76 valence electrons. The van der Waals surface area contributed by atoms with Gasteiger partial charge in [0.25, 0.3) is 5.56 Å². The van der Waals surface area contributed by atoms with Gasteiger partial charge in [-0.1, -0.05) is 20.8 Å². The second-order valence-electron chi connectivity index (χ2n) is 5.12. The largest absolute Gasteiger partial charge is 0.326 e. The molecule has 0 saturated carbocycles. The van der Waals surface area contributed by atoms with Gasteiger partial charge < -0.3 is 4.98 Å². The van der Waals surface area contributed by atoms with E-state index in [4.69, 9.17) is 0 Å². The molecule has 0 saturated heterocycles. The molecular weight excluding hydrogens is 174 g/mol. The molecule has 2 nitrogen and oxygen atoms in total. The summed E-state index contributed by atoms with van der Waals surface area (Å²) < 4.78 is 0. The summed E-state index contributed by atoms with van der Waals surface area (Å²) in [6.45, 7) is 6.25. The van der Waals surface area contributed by atoms with E-state index >= 15 is 0 Å². The first kappa shape index (κ1) is 9.50. The third-order valence-corrected chi connectivity index (χ3v) is 2.90. The number of rotatable bonds is 0. The van der Waals surface area contributed by atoms with Gasteiger partial charge in [-0.05, 0) is 36.3 Å². The predicted molar refractivity (Wildman–Crippen MR) is 57.8 cm³/mol. The summed E-state index contributed by atoms with van der Waals surface area (Å²) in [6.07, 6.45) is 3.34. The number of pyridine rings is 1. The summed E-state index contributed by atoms with van der Waals surface area (Å²) in [7, 11) is 0. The van der Waals surface area contributed by atoms with Crippen molar-refractivity contribution in [1.82, 2.24) is 4.98 Å². The molecule has 2 rings (SSSR count). The average molecular weight is 191 g/mol. The van der Waals surface area contributed by atoms with Gasteiger partial charge in [0.1, 0.15) is 0 Å². The van der Waals surface area contributed by atoms with Crippen molar-refractivity contribution in [2.45, 2.75) is 45.4 Å². The molecule has 1 aromatic rings. The second kappa shape index (κ2) is 2.97. The van der Waals surface area contributed by atoms with Gasteiger partial charge in [0.05, 0.1) is 0 Å². The normalized spacial score (nSPS) is 15.6. The van der Waals surface area contributed by atoms with E-state index < -0.39 is 0 Å². The molecule has 0 unspecified atom stereocenters. The fraction of sp³-hybridized carbons (Fsp3) is 0.583. The van der Waals surface area contributed by atoms with Gasteiger partial charge in [0.2, 0.25) is 0 Å². The lowest BCUT2D eigenvalue weighted by atomic mass is 9.87. The van der Waals surface area contributed by atoms with Crippen molar-refractivity contribution in [1.29, 1.82) is 0 Å². The fourth-order valence-corrected chi connectivity index (χ4v) is 2.07. The van der Waals surface area contributed by atoms with Crippen LogP contribution < -0.4 is 5.56 Å². The second-order valence-corrected chi connectivity index (χ2v) is 5.12. The summed E-state index contributed by atoms with van der Waals surface area (Å²) in [4.78, 5) is 14.8. The topological polar surface area (TPSA) is 32.9 Å². The monoisotopic (exact) mass is 191 g/mol. The Labute approximate surface area is 84.4 Å². The SMILES string of the molecule is CC(C)(C)c1cc2c([nH]c1=O)CCC2. The van der Waals surface area contributed by atoms with Crippen LogP contribution in [0.4, 0.5) is 0 Å². The smallest absolute Gasteiger partial charge is 0.251 e. The Morgan fingerprint density at radius 2 is 2.00 bits per heavy atom. The molecule has 0 atom stereocenters. The highest BCUT2D eigenvalue weighted by Gasteiger charge is 2.21. The Morgan fingerprint density at radius 1 is 1.29 bits per heavy atom. The number of H-pyrrole nitrogens is 1. The van der Waals surface area contributed by atoms with E-state index in [0.29, 0.717) is 0 Å². The van der Waals surface area contributed by atoms with Crippen LogP contribution in [0.5, 0.6) is 0 Å². The van der Waals surface area contributed by atoms with Gasteiger partial charge in [-0.2, -0.15) is 0 Å². The lowest BCUT2D eigenvalue weighted by Crippen LogP contribution is -2.25. The summed E-state index contributed by atoms with van der Waals surface area (Å²) in [5.74, 6) is 0. The minimum atomic E-state index is -0.0504. The van der Waals surface area contributed by atoms with Crippen LogP contribution in [0, 0.1) is 0 Å². The number of nitrogens with one attached hydrogen (secondary N) is 1. The van der Waals surface area contributed by atoms with Crippen molar-refractivity contribution >= 4 is 0 Å². The highest BCUT2D eigenvalue weighted by Crippen LogP contribution is 2.24. The van der Waals surface area contributed by atoms with E-state index in [1.165, 1.54) is 12.0 Å². The molecule has 1 N–H and O–H groups in total. The Bertz CT molecular complexity index is 409. The molecule has 0 radical (unpaired) electrons. The van der Waals surface area contributed by atoms with Crippen molar-refractivity contribution in [2.75, 3.05) is 0 Å². The van der Waals surface area contributed by atoms with Crippen molar-refractivity contribution in [2.24, 2.45) is 0 Å². The standard InChI is InChI=1S/C12H17NO/c1-12(2,3)9-7-8-5-4-6-10(8)13-11(9)14/h7H,4-6H2,1-3H3,(H,13,14). The lowest BCUT2D eigenvalue weighted by Gasteiger charge is -2.18. The molecule has 1 aliphatic rings. The van der Waals surface area contributed by atoms with E-state index in [1.807, 2.05) is 0 Å². The molecule has 0 spiro atoms. The van der Waals surface area contributed by atoms with Crippen LogP contribution in [-0.4, -0.2) is 4.98 Å². The van der Waals surface area contributed by atoms with Crippen LogP contribution in [0.25, 0.3) is 0 Å². The van der Waals surface area contributed by atoms with Crippen LogP contribution >= 0.6 is 0 Å². The van der Waals surface area contributed by atoms with Gasteiger partial charge >= 0.3 is 0 Å². The molecule has 2 heteroatoms. The Morgan fingerprint density at radius 3 is 2.64 bits per heavy atom. The van der Waals surface area contributed by atoms with Gasteiger partial charge in [0, 0.05) is 11.3 Å². The molecule has 0 aromatic carbocycles. The predicted octanol–water partition coefficient (Wildman–Crippen LogP) is 2.16. The van der Waals surface area contributed by atoms with Crippen molar-refractivity contribution in [3.63, 3.8) is 0 Å². The highest BCUT2D eigenvalue weighted by atomic mass is 16.1. The van der Waals surface area contributed by atoms with Gasteiger partial charge in [-0.25, -0.2) is 0 Å².